The van der Waals surface area contributed by atoms with Crippen molar-refractivity contribution in [1.82, 2.24) is 4.98 Å². The third-order valence-electron chi connectivity index (χ3n) is 6.30. The van der Waals surface area contributed by atoms with E-state index in [0.717, 1.165) is 48.1 Å². The number of rotatable bonds is 10. The highest BCUT2D eigenvalue weighted by Gasteiger charge is 2.28. The van der Waals surface area contributed by atoms with Gasteiger partial charge in [-0.25, -0.2) is 0 Å². The zero-order valence-electron chi connectivity index (χ0n) is 20.1. The van der Waals surface area contributed by atoms with E-state index < -0.39 is 7.60 Å². The van der Waals surface area contributed by atoms with E-state index in [1.165, 1.54) is 16.6 Å². The molecule has 3 heterocycles. The summed E-state index contributed by atoms with van der Waals surface area (Å²) in [6.07, 6.45) is 3.21. The number of hydrogen-bond acceptors (Lipinski definition) is 7. The average molecular weight is 494 g/mol. The first-order valence-electron chi connectivity index (χ1n) is 12.0. The molecule has 1 saturated heterocycles. The van der Waals surface area contributed by atoms with Crippen LogP contribution in [-0.2, 0) is 18.3 Å². The van der Waals surface area contributed by atoms with Gasteiger partial charge >= 0.3 is 7.60 Å². The minimum absolute atomic E-state index is 0.122. The Kier molecular flexibility index (Phi) is 8.24. The maximum absolute atomic E-state index is 12.8. The van der Waals surface area contributed by atoms with Crippen molar-refractivity contribution in [3.05, 3.63) is 29.5 Å². The topological polar surface area (TPSA) is 76.1 Å². The third-order valence-corrected chi connectivity index (χ3v) is 9.56. The van der Waals surface area contributed by atoms with Crippen molar-refractivity contribution >= 4 is 41.0 Å². The van der Waals surface area contributed by atoms with Crippen molar-refractivity contribution in [3.63, 3.8) is 0 Å². The maximum Gasteiger partial charge on any atom is 0.330 e. The lowest BCUT2D eigenvalue weighted by Crippen LogP contribution is -2.36. The number of nitrogens with one attached hydrogen (secondary N) is 1. The molecule has 9 heteroatoms. The molecule has 2 aromatic rings. The first-order valence-corrected chi connectivity index (χ1v) is 14.7. The molecule has 4 rings (SSSR count). The molecule has 182 valence electrons. The van der Waals surface area contributed by atoms with Gasteiger partial charge in [0, 0.05) is 37.4 Å². The van der Waals surface area contributed by atoms with E-state index in [2.05, 4.69) is 42.1 Å². The lowest BCUT2D eigenvalue weighted by molar-refractivity contribution is 0.0855. The van der Waals surface area contributed by atoms with Crippen LogP contribution in [0.25, 0.3) is 10.9 Å². The van der Waals surface area contributed by atoms with Gasteiger partial charge in [-0.3, -0.25) is 9.56 Å². The van der Waals surface area contributed by atoms with Gasteiger partial charge in [0.05, 0.1) is 42.3 Å². The Morgan fingerprint density at radius 2 is 1.94 bits per heavy atom. The molecule has 1 aromatic heterocycles. The predicted octanol–water partition coefficient (Wildman–Crippen LogP) is 5.61. The fourth-order valence-electron chi connectivity index (χ4n) is 4.61. The number of fused-ring (bicyclic) bond motifs is 1. The number of nitrogens with zero attached hydrogens (tertiary/aromatic N) is 2. The number of aromatic amines is 1. The number of benzene rings is 1. The maximum atomic E-state index is 12.8. The Morgan fingerprint density at radius 1 is 1.21 bits per heavy atom. The molecule has 33 heavy (non-hydrogen) atoms. The van der Waals surface area contributed by atoms with Crippen LogP contribution in [0.1, 0.15) is 44.4 Å². The first kappa shape index (κ1) is 24.8. The van der Waals surface area contributed by atoms with Gasteiger partial charge in [-0.15, -0.1) is 11.8 Å². The van der Waals surface area contributed by atoms with Gasteiger partial charge in [-0.2, -0.15) is 0 Å². The number of anilines is 1. The molecule has 2 aliphatic heterocycles. The monoisotopic (exact) mass is 493 g/mol. The highest BCUT2D eigenvalue weighted by atomic mass is 32.2. The van der Waals surface area contributed by atoms with Crippen LogP contribution in [0.3, 0.4) is 0 Å². The molecular weight excluding hydrogens is 457 g/mol. The van der Waals surface area contributed by atoms with E-state index in [9.17, 15) is 4.57 Å². The Bertz CT molecular complexity index is 1020. The number of H-pyrrole nitrogens is 1. The molecule has 0 amide bonds. The Balaban J connectivity index is 1.52. The van der Waals surface area contributed by atoms with Crippen molar-refractivity contribution in [3.8, 4) is 0 Å². The lowest BCUT2D eigenvalue weighted by Gasteiger charge is -2.33. The van der Waals surface area contributed by atoms with Crippen LogP contribution in [0.15, 0.2) is 23.2 Å². The van der Waals surface area contributed by atoms with Crippen LogP contribution in [0.5, 0.6) is 0 Å². The molecule has 0 aliphatic carbocycles. The van der Waals surface area contributed by atoms with E-state index in [-0.39, 0.29) is 6.04 Å². The van der Waals surface area contributed by atoms with Crippen molar-refractivity contribution in [2.45, 2.75) is 52.1 Å². The standard InChI is InChI=1S/C24H36N3O4PS/c1-5-30-32(28,31-6-2)12-9-19-16-33-24(25-19)21-15-18-13-17(3)14-22(23(18)26-21)27(4)20-7-10-29-11-8-20/h13-15,19-20,26H,5-12,16H2,1-4H3/t19-/m0/s1. The number of aryl methyl sites for hydroxylation is 1. The van der Waals surface area contributed by atoms with E-state index in [1.54, 1.807) is 11.8 Å². The van der Waals surface area contributed by atoms with Gasteiger partial charge in [0.15, 0.2) is 0 Å². The van der Waals surface area contributed by atoms with Gasteiger partial charge < -0.3 is 23.7 Å². The quantitative estimate of drug-likeness (QED) is 0.434. The second kappa shape index (κ2) is 11.0. The predicted molar refractivity (Wildman–Crippen MR) is 138 cm³/mol. The molecule has 0 saturated carbocycles. The summed E-state index contributed by atoms with van der Waals surface area (Å²) >= 11 is 1.76. The number of aliphatic imine (C=N–C) groups is 1. The Morgan fingerprint density at radius 3 is 2.64 bits per heavy atom. The Hall–Kier alpha value is -1.31. The second-order valence-corrected chi connectivity index (χ2v) is 11.9. The van der Waals surface area contributed by atoms with Crippen LogP contribution in [0.4, 0.5) is 5.69 Å². The Labute approximate surface area is 201 Å². The zero-order chi connectivity index (χ0) is 23.4. The second-order valence-electron chi connectivity index (χ2n) is 8.74. The van der Waals surface area contributed by atoms with Crippen molar-refractivity contribution in [2.75, 3.05) is 50.3 Å². The largest absolute Gasteiger partial charge is 0.381 e. The lowest BCUT2D eigenvalue weighted by atomic mass is 10.0. The van der Waals surface area contributed by atoms with E-state index in [1.807, 2.05) is 13.8 Å². The highest BCUT2D eigenvalue weighted by Crippen LogP contribution is 2.49. The number of ether oxygens (including phenoxy) is 1. The van der Waals surface area contributed by atoms with E-state index >= 15 is 0 Å². The first-order chi connectivity index (χ1) is 15.9. The van der Waals surface area contributed by atoms with Crippen molar-refractivity contribution < 1.29 is 18.3 Å². The van der Waals surface area contributed by atoms with Gasteiger partial charge in [0.2, 0.25) is 0 Å². The van der Waals surface area contributed by atoms with E-state index in [4.69, 9.17) is 18.8 Å². The van der Waals surface area contributed by atoms with Crippen LogP contribution >= 0.6 is 19.4 Å². The molecular formula is C24H36N3O4PS. The molecule has 1 fully saturated rings. The molecule has 0 unspecified atom stereocenters. The molecule has 1 aromatic carbocycles. The summed E-state index contributed by atoms with van der Waals surface area (Å²) in [5, 5.41) is 2.24. The highest BCUT2D eigenvalue weighted by molar-refractivity contribution is 8.14. The fourth-order valence-corrected chi connectivity index (χ4v) is 7.43. The van der Waals surface area contributed by atoms with Gasteiger partial charge in [-0.05, 0) is 63.8 Å². The smallest absolute Gasteiger partial charge is 0.330 e. The molecule has 0 bridgehead atoms. The van der Waals surface area contributed by atoms with Crippen molar-refractivity contribution in [2.24, 2.45) is 4.99 Å². The number of aromatic nitrogens is 1. The summed E-state index contributed by atoms with van der Waals surface area (Å²) in [5.41, 5.74) is 4.71. The van der Waals surface area contributed by atoms with E-state index in [0.29, 0.717) is 31.8 Å². The van der Waals surface area contributed by atoms with Crippen LogP contribution in [0.2, 0.25) is 0 Å². The number of thioether (sulfide) groups is 1. The summed E-state index contributed by atoms with van der Waals surface area (Å²) < 4.78 is 29.2. The normalized spacial score (nSPS) is 19.9. The minimum Gasteiger partial charge on any atom is -0.381 e. The van der Waals surface area contributed by atoms with Crippen LogP contribution in [0, 0.1) is 6.92 Å². The summed E-state index contributed by atoms with van der Waals surface area (Å²) in [6, 6.07) is 7.32. The zero-order valence-corrected chi connectivity index (χ0v) is 21.8. The SMILES string of the molecule is CCOP(=O)(CC[C@H]1CSC(c2cc3cc(C)cc(N(C)C4CCOCC4)c3[nH]2)=N1)OCC. The van der Waals surface area contributed by atoms with Gasteiger partial charge in [-0.1, -0.05) is 0 Å². The van der Waals surface area contributed by atoms with Crippen molar-refractivity contribution in [1.29, 1.82) is 0 Å². The van der Waals surface area contributed by atoms with Gasteiger partial charge in [0.25, 0.3) is 0 Å². The van der Waals surface area contributed by atoms with Crippen LogP contribution in [-0.4, -0.2) is 67.5 Å². The summed E-state index contributed by atoms with van der Waals surface area (Å²) in [6.45, 7) is 8.29. The minimum atomic E-state index is -3.02. The molecule has 1 N–H and O–H groups in total. The summed E-state index contributed by atoms with van der Waals surface area (Å²) in [4.78, 5) is 11.0. The molecule has 0 radical (unpaired) electrons. The molecule has 1 atom stereocenters. The molecule has 7 nitrogen and oxygen atoms in total. The van der Waals surface area contributed by atoms with Gasteiger partial charge in [0.1, 0.15) is 5.04 Å². The summed E-state index contributed by atoms with van der Waals surface area (Å²) in [7, 11) is -0.833. The molecule has 2 aliphatic rings. The molecule has 0 spiro atoms. The summed E-state index contributed by atoms with van der Waals surface area (Å²) in [5.74, 6) is 0.886. The third kappa shape index (κ3) is 5.85. The van der Waals surface area contributed by atoms with Crippen LogP contribution < -0.4 is 4.90 Å². The number of hydrogen-bond donors (Lipinski definition) is 1. The average Bonchev–Trinajstić information content (AvgIpc) is 3.45. The fraction of sp³-hybridized carbons (Fsp3) is 0.625.